The quantitative estimate of drug-likeness (QED) is 0.730. The van der Waals surface area contributed by atoms with E-state index < -0.39 is 6.10 Å². The number of aliphatic hydroxyl groups excluding tert-OH is 1. The van der Waals surface area contributed by atoms with Crippen LogP contribution in [0.25, 0.3) is 0 Å². The number of nitrogens with one attached hydrogen (secondary N) is 1. The van der Waals surface area contributed by atoms with E-state index in [4.69, 9.17) is 4.74 Å². The van der Waals surface area contributed by atoms with Gasteiger partial charge in [-0.1, -0.05) is 31.7 Å². The van der Waals surface area contributed by atoms with Crippen molar-refractivity contribution < 1.29 is 9.84 Å². The van der Waals surface area contributed by atoms with Gasteiger partial charge in [0.15, 0.2) is 0 Å². The maximum atomic E-state index is 9.66. The molecule has 1 heterocycles. The first kappa shape index (κ1) is 13.0. The Hall–Kier alpha value is -0.0300. The Morgan fingerprint density at radius 2 is 2.33 bits per heavy atom. The molecule has 2 N–H and O–H groups in total. The maximum Gasteiger partial charge on any atom is 0.118 e. The SMILES string of the molecule is CC(C)NCC(O)COC1(C)CC=CS1. The molecule has 0 saturated carbocycles. The third-order valence-corrected chi connectivity index (χ3v) is 3.36. The van der Waals surface area contributed by atoms with Crippen molar-refractivity contribution in [3.8, 4) is 0 Å². The van der Waals surface area contributed by atoms with Crippen LogP contribution < -0.4 is 5.32 Å². The van der Waals surface area contributed by atoms with E-state index in [2.05, 4.69) is 37.6 Å². The number of aliphatic hydroxyl groups is 1. The maximum absolute atomic E-state index is 9.66. The van der Waals surface area contributed by atoms with Crippen LogP contribution in [0.2, 0.25) is 0 Å². The van der Waals surface area contributed by atoms with Gasteiger partial charge in [0.05, 0.1) is 12.7 Å². The molecule has 0 radical (unpaired) electrons. The molecule has 0 aromatic heterocycles. The first-order valence-electron chi connectivity index (χ1n) is 5.40. The predicted octanol–water partition coefficient (Wildman–Crippen LogP) is 1.73. The van der Waals surface area contributed by atoms with Gasteiger partial charge >= 0.3 is 0 Å². The summed E-state index contributed by atoms with van der Waals surface area (Å²) in [6, 6.07) is 0.401. The molecule has 1 rings (SSSR count). The number of hydrogen-bond acceptors (Lipinski definition) is 4. The van der Waals surface area contributed by atoms with E-state index in [1.165, 1.54) is 0 Å². The van der Waals surface area contributed by atoms with Crippen molar-refractivity contribution in [2.75, 3.05) is 13.2 Å². The second kappa shape index (κ2) is 5.89. The van der Waals surface area contributed by atoms with Gasteiger partial charge in [-0.15, -0.1) is 0 Å². The van der Waals surface area contributed by atoms with Crippen LogP contribution in [-0.4, -0.2) is 35.3 Å². The molecule has 0 saturated heterocycles. The Bertz CT molecular complexity index is 211. The molecule has 0 bridgehead atoms. The minimum Gasteiger partial charge on any atom is -0.389 e. The van der Waals surface area contributed by atoms with Crippen molar-refractivity contribution in [1.82, 2.24) is 5.32 Å². The monoisotopic (exact) mass is 231 g/mol. The van der Waals surface area contributed by atoms with Gasteiger partial charge in [-0.2, -0.15) is 0 Å². The summed E-state index contributed by atoms with van der Waals surface area (Å²) in [5, 5.41) is 14.9. The fourth-order valence-electron chi connectivity index (χ4n) is 1.30. The molecule has 0 amide bonds. The number of ether oxygens (including phenoxy) is 1. The Balaban J connectivity index is 2.13. The molecular weight excluding hydrogens is 210 g/mol. The first-order chi connectivity index (χ1) is 7.02. The number of thioether (sulfide) groups is 1. The van der Waals surface area contributed by atoms with Crippen LogP contribution in [0.1, 0.15) is 27.2 Å². The molecule has 3 nitrogen and oxygen atoms in total. The lowest BCUT2D eigenvalue weighted by molar-refractivity contribution is -0.0162. The molecule has 0 aliphatic carbocycles. The van der Waals surface area contributed by atoms with Crippen LogP contribution in [0.3, 0.4) is 0 Å². The molecule has 2 unspecified atom stereocenters. The van der Waals surface area contributed by atoms with Crippen molar-refractivity contribution in [3.05, 3.63) is 11.5 Å². The highest BCUT2D eigenvalue weighted by Crippen LogP contribution is 2.36. The molecular formula is C11H21NO2S. The van der Waals surface area contributed by atoms with E-state index in [-0.39, 0.29) is 4.93 Å². The molecule has 2 atom stereocenters. The van der Waals surface area contributed by atoms with E-state index in [9.17, 15) is 5.11 Å². The van der Waals surface area contributed by atoms with E-state index >= 15 is 0 Å². The largest absolute Gasteiger partial charge is 0.389 e. The van der Waals surface area contributed by atoms with Crippen molar-refractivity contribution >= 4 is 11.8 Å². The zero-order valence-corrected chi connectivity index (χ0v) is 10.5. The smallest absolute Gasteiger partial charge is 0.118 e. The molecule has 0 aromatic carbocycles. The highest BCUT2D eigenvalue weighted by atomic mass is 32.2. The highest BCUT2D eigenvalue weighted by Gasteiger charge is 2.27. The molecule has 15 heavy (non-hydrogen) atoms. The summed E-state index contributed by atoms with van der Waals surface area (Å²) in [7, 11) is 0. The first-order valence-corrected chi connectivity index (χ1v) is 6.28. The molecule has 0 aromatic rings. The summed E-state index contributed by atoms with van der Waals surface area (Å²) in [5.74, 6) is 0. The van der Waals surface area contributed by atoms with Gasteiger partial charge < -0.3 is 15.2 Å². The van der Waals surface area contributed by atoms with Crippen LogP contribution in [-0.2, 0) is 4.74 Å². The Morgan fingerprint density at radius 1 is 1.60 bits per heavy atom. The predicted molar refractivity (Wildman–Crippen MR) is 64.9 cm³/mol. The topological polar surface area (TPSA) is 41.5 Å². The zero-order chi connectivity index (χ0) is 11.3. The Labute approximate surface area is 96.3 Å². The van der Waals surface area contributed by atoms with Gasteiger partial charge in [0, 0.05) is 19.0 Å². The molecule has 4 heteroatoms. The number of hydrogen-bond donors (Lipinski definition) is 2. The van der Waals surface area contributed by atoms with Crippen molar-refractivity contribution in [3.63, 3.8) is 0 Å². The molecule has 0 fully saturated rings. The van der Waals surface area contributed by atoms with Crippen LogP contribution >= 0.6 is 11.8 Å². The van der Waals surface area contributed by atoms with Crippen LogP contribution in [0.5, 0.6) is 0 Å². The van der Waals surface area contributed by atoms with E-state index in [0.29, 0.717) is 19.2 Å². The summed E-state index contributed by atoms with van der Waals surface area (Å²) in [5.41, 5.74) is 0. The molecule has 1 aliphatic rings. The zero-order valence-electron chi connectivity index (χ0n) is 9.69. The fraction of sp³-hybridized carbons (Fsp3) is 0.818. The van der Waals surface area contributed by atoms with Crippen molar-refractivity contribution in [2.24, 2.45) is 0 Å². The van der Waals surface area contributed by atoms with Gasteiger partial charge in [-0.05, 0) is 12.3 Å². The van der Waals surface area contributed by atoms with Gasteiger partial charge in [-0.25, -0.2) is 0 Å². The van der Waals surface area contributed by atoms with E-state index in [1.54, 1.807) is 11.8 Å². The minimum absolute atomic E-state index is 0.168. The Morgan fingerprint density at radius 3 is 2.87 bits per heavy atom. The third-order valence-electron chi connectivity index (χ3n) is 2.24. The summed E-state index contributed by atoms with van der Waals surface area (Å²) >= 11 is 1.68. The van der Waals surface area contributed by atoms with Gasteiger partial charge in [-0.3, -0.25) is 0 Å². The molecule has 88 valence electrons. The summed E-state index contributed by atoms with van der Waals surface area (Å²) < 4.78 is 5.69. The van der Waals surface area contributed by atoms with Crippen LogP contribution in [0.15, 0.2) is 11.5 Å². The third kappa shape index (κ3) is 5.02. The van der Waals surface area contributed by atoms with Crippen LogP contribution in [0, 0.1) is 0 Å². The second-order valence-electron chi connectivity index (χ2n) is 4.36. The highest BCUT2D eigenvalue weighted by molar-refractivity contribution is 8.03. The standard InChI is InChI=1S/C11H21NO2S/c1-9(2)12-7-10(13)8-14-11(3)5-4-6-15-11/h4,6,9-10,12-13H,5,7-8H2,1-3H3. The molecule has 1 aliphatic heterocycles. The average Bonchev–Trinajstić information content (AvgIpc) is 2.60. The van der Waals surface area contributed by atoms with Gasteiger partial charge in [0.25, 0.3) is 0 Å². The lowest BCUT2D eigenvalue weighted by atomic mass is 10.2. The minimum atomic E-state index is -0.426. The second-order valence-corrected chi connectivity index (χ2v) is 5.73. The van der Waals surface area contributed by atoms with Gasteiger partial charge in [0.2, 0.25) is 0 Å². The normalized spacial score (nSPS) is 27.5. The van der Waals surface area contributed by atoms with E-state index in [1.807, 2.05) is 0 Å². The van der Waals surface area contributed by atoms with Crippen molar-refractivity contribution in [1.29, 1.82) is 0 Å². The number of rotatable bonds is 6. The van der Waals surface area contributed by atoms with Crippen LogP contribution in [0.4, 0.5) is 0 Å². The summed E-state index contributed by atoms with van der Waals surface area (Å²) in [6.45, 7) is 7.16. The lowest BCUT2D eigenvalue weighted by Gasteiger charge is -2.25. The molecule has 0 spiro atoms. The Kier molecular flexibility index (Phi) is 5.12. The fourth-order valence-corrected chi connectivity index (χ4v) is 2.11. The van der Waals surface area contributed by atoms with Gasteiger partial charge in [0.1, 0.15) is 4.93 Å². The summed E-state index contributed by atoms with van der Waals surface area (Å²) in [4.78, 5) is -0.168. The summed E-state index contributed by atoms with van der Waals surface area (Å²) in [6.07, 6.45) is 2.59. The van der Waals surface area contributed by atoms with E-state index in [0.717, 1.165) is 6.42 Å². The lowest BCUT2D eigenvalue weighted by Crippen LogP contribution is -2.36. The average molecular weight is 231 g/mol. The van der Waals surface area contributed by atoms with Crippen molar-refractivity contribution in [2.45, 2.75) is 44.3 Å².